The maximum atomic E-state index is 13.4. The number of aryl methyl sites for hydroxylation is 1. The van der Waals surface area contributed by atoms with Gasteiger partial charge in [0.1, 0.15) is 17.2 Å². The van der Waals surface area contributed by atoms with Crippen LogP contribution in [0.5, 0.6) is 0 Å². The van der Waals surface area contributed by atoms with Gasteiger partial charge in [0.2, 0.25) is 0 Å². The Bertz CT molecular complexity index is 375. The van der Waals surface area contributed by atoms with E-state index in [-0.39, 0.29) is 24.2 Å². The predicted molar refractivity (Wildman–Crippen MR) is 47.9 cm³/mol. The predicted octanol–water partition coefficient (Wildman–Crippen LogP) is 1.06. The Kier molecular flexibility index (Phi) is 2.05. The molecule has 4 heteroatoms. The summed E-state index contributed by atoms with van der Waals surface area (Å²) in [6.45, 7) is 2.03. The summed E-state index contributed by atoms with van der Waals surface area (Å²) < 4.78 is 26.5. The first-order valence-corrected chi connectivity index (χ1v) is 4.42. The first-order chi connectivity index (χ1) is 6.53. The van der Waals surface area contributed by atoms with Gasteiger partial charge in [-0.05, 0) is 24.6 Å². The average Bonchev–Trinajstić information content (AvgIpc) is 2.07. The van der Waals surface area contributed by atoms with Crippen LogP contribution < -0.4 is 5.32 Å². The van der Waals surface area contributed by atoms with Crippen molar-refractivity contribution >= 4 is 0 Å². The molecule has 1 aromatic carbocycles. The fourth-order valence-electron chi connectivity index (χ4n) is 1.56. The van der Waals surface area contributed by atoms with E-state index in [1.54, 1.807) is 0 Å². The van der Waals surface area contributed by atoms with Crippen molar-refractivity contribution in [3.8, 4) is 0 Å². The maximum Gasteiger partial charge on any atom is 0.129 e. The molecule has 0 amide bonds. The molecule has 0 spiro atoms. The lowest BCUT2D eigenvalue weighted by Crippen LogP contribution is -2.57. The van der Waals surface area contributed by atoms with Crippen molar-refractivity contribution in [2.45, 2.75) is 12.5 Å². The van der Waals surface area contributed by atoms with Crippen molar-refractivity contribution in [1.29, 1.82) is 0 Å². The van der Waals surface area contributed by atoms with E-state index in [2.05, 4.69) is 5.32 Å². The van der Waals surface area contributed by atoms with Crippen LogP contribution in [-0.2, 0) is 5.60 Å². The van der Waals surface area contributed by atoms with Crippen LogP contribution in [0.2, 0.25) is 0 Å². The highest BCUT2D eigenvalue weighted by Gasteiger charge is 2.38. The third-order valence-electron chi connectivity index (χ3n) is 2.58. The van der Waals surface area contributed by atoms with E-state index in [1.165, 1.54) is 6.92 Å². The van der Waals surface area contributed by atoms with Crippen LogP contribution in [0.1, 0.15) is 11.1 Å². The van der Waals surface area contributed by atoms with Crippen LogP contribution in [0.15, 0.2) is 12.1 Å². The second-order valence-electron chi connectivity index (χ2n) is 3.72. The van der Waals surface area contributed by atoms with Gasteiger partial charge in [0.05, 0.1) is 0 Å². The highest BCUT2D eigenvalue weighted by Crippen LogP contribution is 2.29. The molecule has 0 saturated carbocycles. The molecule has 2 nitrogen and oxygen atoms in total. The number of hydrogen-bond acceptors (Lipinski definition) is 2. The largest absolute Gasteiger partial charge is 0.382 e. The van der Waals surface area contributed by atoms with E-state index >= 15 is 0 Å². The average molecular weight is 199 g/mol. The number of benzene rings is 1. The molecule has 14 heavy (non-hydrogen) atoms. The highest BCUT2D eigenvalue weighted by molar-refractivity contribution is 5.32. The van der Waals surface area contributed by atoms with Gasteiger partial charge >= 0.3 is 0 Å². The second-order valence-corrected chi connectivity index (χ2v) is 3.72. The molecule has 2 rings (SSSR count). The number of aliphatic hydroxyl groups is 1. The Labute approximate surface area is 80.6 Å². The molecule has 1 heterocycles. The van der Waals surface area contributed by atoms with Gasteiger partial charge in [0, 0.05) is 18.7 Å². The van der Waals surface area contributed by atoms with Crippen LogP contribution >= 0.6 is 0 Å². The number of nitrogens with one attached hydrogen (secondary N) is 1. The lowest BCUT2D eigenvalue weighted by molar-refractivity contribution is -0.0179. The van der Waals surface area contributed by atoms with E-state index in [9.17, 15) is 13.9 Å². The molecule has 1 aromatic rings. The zero-order chi connectivity index (χ0) is 10.3. The molecular formula is C10H11F2NO. The summed E-state index contributed by atoms with van der Waals surface area (Å²) in [7, 11) is 0. The summed E-state index contributed by atoms with van der Waals surface area (Å²) in [5.41, 5.74) is -0.944. The van der Waals surface area contributed by atoms with Gasteiger partial charge in [-0.2, -0.15) is 0 Å². The smallest absolute Gasteiger partial charge is 0.129 e. The summed E-state index contributed by atoms with van der Waals surface area (Å²) >= 11 is 0. The Balaban J connectivity index is 2.48. The molecule has 1 saturated heterocycles. The van der Waals surface area contributed by atoms with Crippen LogP contribution in [0.25, 0.3) is 0 Å². The first-order valence-electron chi connectivity index (χ1n) is 4.42. The quantitative estimate of drug-likeness (QED) is 0.709. The lowest BCUT2D eigenvalue weighted by Gasteiger charge is -2.38. The second kappa shape index (κ2) is 3.00. The van der Waals surface area contributed by atoms with Crippen LogP contribution in [0.3, 0.4) is 0 Å². The molecular weight excluding hydrogens is 188 g/mol. The molecule has 0 unspecified atom stereocenters. The fraction of sp³-hybridized carbons (Fsp3) is 0.400. The Hall–Kier alpha value is -1.00. The van der Waals surface area contributed by atoms with E-state index in [1.807, 2.05) is 0 Å². The standard InChI is InChI=1S/C10H11F2NO/c1-6-2-9(12)7(3-8(6)11)10(14)4-13-5-10/h2-3,13-14H,4-5H2,1H3. The molecule has 0 radical (unpaired) electrons. The molecule has 0 aromatic heterocycles. The minimum atomic E-state index is -1.24. The van der Waals surface area contributed by atoms with Crippen molar-refractivity contribution in [3.63, 3.8) is 0 Å². The Morgan fingerprint density at radius 3 is 2.43 bits per heavy atom. The Morgan fingerprint density at radius 2 is 1.93 bits per heavy atom. The first kappa shape index (κ1) is 9.55. The van der Waals surface area contributed by atoms with Gasteiger partial charge in [0.25, 0.3) is 0 Å². The number of hydrogen-bond donors (Lipinski definition) is 2. The molecule has 0 aliphatic carbocycles. The van der Waals surface area contributed by atoms with Crippen molar-refractivity contribution in [2.24, 2.45) is 0 Å². The molecule has 0 bridgehead atoms. The van der Waals surface area contributed by atoms with Crippen molar-refractivity contribution in [1.82, 2.24) is 5.32 Å². The van der Waals surface area contributed by atoms with Crippen molar-refractivity contribution in [2.75, 3.05) is 13.1 Å². The van der Waals surface area contributed by atoms with Gasteiger partial charge in [-0.25, -0.2) is 8.78 Å². The number of rotatable bonds is 1. The van der Waals surface area contributed by atoms with Gasteiger partial charge < -0.3 is 10.4 Å². The minimum absolute atomic E-state index is 0.0411. The molecule has 1 aliphatic rings. The van der Waals surface area contributed by atoms with E-state index in [0.717, 1.165) is 12.1 Å². The third-order valence-corrected chi connectivity index (χ3v) is 2.58. The van der Waals surface area contributed by atoms with Gasteiger partial charge in [-0.3, -0.25) is 0 Å². The summed E-state index contributed by atoms with van der Waals surface area (Å²) in [6.07, 6.45) is 0. The third kappa shape index (κ3) is 1.31. The SMILES string of the molecule is Cc1cc(F)c(C2(O)CNC2)cc1F. The van der Waals surface area contributed by atoms with Crippen molar-refractivity contribution < 1.29 is 13.9 Å². The summed E-state index contributed by atoms with van der Waals surface area (Å²) in [5, 5.41) is 12.6. The van der Waals surface area contributed by atoms with Crippen LogP contribution in [0, 0.1) is 18.6 Å². The van der Waals surface area contributed by atoms with E-state index in [0.29, 0.717) is 0 Å². The Morgan fingerprint density at radius 1 is 1.29 bits per heavy atom. The van der Waals surface area contributed by atoms with Crippen LogP contribution in [0.4, 0.5) is 8.78 Å². The molecule has 1 fully saturated rings. The topological polar surface area (TPSA) is 32.3 Å². The highest BCUT2D eigenvalue weighted by atomic mass is 19.1. The summed E-state index contributed by atoms with van der Waals surface area (Å²) in [5.74, 6) is -1.03. The normalized spacial score (nSPS) is 19.1. The van der Waals surface area contributed by atoms with E-state index in [4.69, 9.17) is 0 Å². The molecule has 1 aliphatic heterocycles. The lowest BCUT2D eigenvalue weighted by atomic mass is 9.87. The summed E-state index contributed by atoms with van der Waals surface area (Å²) in [4.78, 5) is 0. The number of β-amino-alcohol motifs (C(OH)–C–C–N with tert-alkyl or cyclic N) is 1. The molecule has 2 N–H and O–H groups in total. The zero-order valence-electron chi connectivity index (χ0n) is 7.77. The van der Waals surface area contributed by atoms with Gasteiger partial charge in [-0.1, -0.05) is 0 Å². The molecule has 76 valence electrons. The minimum Gasteiger partial charge on any atom is -0.382 e. The monoisotopic (exact) mass is 199 g/mol. The van der Waals surface area contributed by atoms with Gasteiger partial charge in [0.15, 0.2) is 0 Å². The number of halogens is 2. The van der Waals surface area contributed by atoms with Crippen LogP contribution in [-0.4, -0.2) is 18.2 Å². The van der Waals surface area contributed by atoms with E-state index < -0.39 is 17.2 Å². The fourth-order valence-corrected chi connectivity index (χ4v) is 1.56. The maximum absolute atomic E-state index is 13.4. The van der Waals surface area contributed by atoms with Gasteiger partial charge in [-0.15, -0.1) is 0 Å². The van der Waals surface area contributed by atoms with Crippen molar-refractivity contribution in [3.05, 3.63) is 34.9 Å². The summed E-state index contributed by atoms with van der Waals surface area (Å²) in [6, 6.07) is 2.19. The zero-order valence-corrected chi connectivity index (χ0v) is 7.77. The molecule has 0 atom stereocenters.